The maximum Gasteiger partial charge on any atom is 0.416 e. The van der Waals surface area contributed by atoms with Gasteiger partial charge in [0.15, 0.2) is 11.5 Å². The summed E-state index contributed by atoms with van der Waals surface area (Å²) in [5.41, 5.74) is -1.01. The largest absolute Gasteiger partial charge is 0.503 e. The standard InChI is InChI=1S/C26H17F3N2O5/c27-26(28,29)18-7-4-8-20(15-18)30-23(17-10-12-19(13-11-17)31(35)36)22(24(33)25(30)34)21(32)14-9-16-5-2-1-3-6-16/h1-15,23,33H/b14-9+/t23-/m0/s1. The second kappa shape index (κ2) is 9.49. The zero-order chi connectivity index (χ0) is 26.0. The van der Waals surface area contributed by atoms with E-state index >= 15 is 0 Å². The smallest absolute Gasteiger partial charge is 0.416 e. The minimum Gasteiger partial charge on any atom is -0.503 e. The Kier molecular flexibility index (Phi) is 6.43. The van der Waals surface area contributed by atoms with Crippen LogP contribution >= 0.6 is 0 Å². The SMILES string of the molecule is O=C(/C=C/c1ccccc1)C1=C(O)C(=O)N(c2cccc(C(F)(F)F)c2)[C@H]1c1ccc([N+](=O)[O-])cc1. The molecule has 0 fully saturated rings. The number of nitrogens with zero attached hydrogens (tertiary/aromatic N) is 2. The van der Waals surface area contributed by atoms with Crippen LogP contribution in [0.25, 0.3) is 6.08 Å². The average Bonchev–Trinajstić information content (AvgIpc) is 3.13. The molecule has 0 radical (unpaired) electrons. The van der Waals surface area contributed by atoms with Gasteiger partial charge in [-0.25, -0.2) is 0 Å². The predicted octanol–water partition coefficient (Wildman–Crippen LogP) is 5.80. The second-order valence-corrected chi connectivity index (χ2v) is 7.84. The number of rotatable bonds is 6. The van der Waals surface area contributed by atoms with Crippen LogP contribution in [0.4, 0.5) is 24.5 Å². The number of hydrogen-bond donors (Lipinski definition) is 1. The Hall–Kier alpha value is -4.73. The number of amides is 1. The van der Waals surface area contributed by atoms with E-state index in [1.165, 1.54) is 24.3 Å². The molecule has 0 saturated heterocycles. The van der Waals surface area contributed by atoms with Crippen molar-refractivity contribution in [3.63, 3.8) is 0 Å². The number of allylic oxidation sites excluding steroid dienone is 1. The molecule has 1 amide bonds. The second-order valence-electron chi connectivity index (χ2n) is 7.84. The Labute approximate surface area is 202 Å². The number of non-ortho nitro benzene ring substituents is 1. The van der Waals surface area contributed by atoms with Crippen LogP contribution in [-0.4, -0.2) is 21.7 Å². The van der Waals surface area contributed by atoms with Crippen molar-refractivity contribution in [2.24, 2.45) is 0 Å². The lowest BCUT2D eigenvalue weighted by Crippen LogP contribution is -2.31. The summed E-state index contributed by atoms with van der Waals surface area (Å²) in [6, 6.07) is 16.1. The quantitative estimate of drug-likeness (QED) is 0.265. The normalized spacial score (nSPS) is 16.1. The van der Waals surface area contributed by atoms with E-state index in [0.717, 1.165) is 41.3 Å². The van der Waals surface area contributed by atoms with Gasteiger partial charge in [0.2, 0.25) is 0 Å². The minimum atomic E-state index is -4.70. The molecule has 0 unspecified atom stereocenters. The number of benzene rings is 3. The van der Waals surface area contributed by atoms with Crippen LogP contribution < -0.4 is 4.90 Å². The Morgan fingerprint density at radius 1 is 1.00 bits per heavy atom. The molecule has 1 heterocycles. The van der Waals surface area contributed by atoms with Gasteiger partial charge in [-0.3, -0.25) is 24.6 Å². The van der Waals surface area contributed by atoms with Crippen molar-refractivity contribution in [1.29, 1.82) is 0 Å². The van der Waals surface area contributed by atoms with E-state index < -0.39 is 40.2 Å². The average molecular weight is 494 g/mol. The monoisotopic (exact) mass is 494 g/mol. The molecule has 4 rings (SSSR count). The van der Waals surface area contributed by atoms with E-state index in [0.29, 0.717) is 5.56 Å². The molecule has 182 valence electrons. The van der Waals surface area contributed by atoms with E-state index in [4.69, 9.17) is 0 Å². The molecule has 3 aromatic rings. The van der Waals surface area contributed by atoms with Crippen molar-refractivity contribution < 1.29 is 32.8 Å². The maximum atomic E-state index is 13.3. The van der Waals surface area contributed by atoms with Gasteiger partial charge in [-0.1, -0.05) is 42.5 Å². The van der Waals surface area contributed by atoms with Crippen LogP contribution in [0.15, 0.2) is 96.3 Å². The van der Waals surface area contributed by atoms with Gasteiger partial charge in [-0.2, -0.15) is 13.2 Å². The van der Waals surface area contributed by atoms with Gasteiger partial charge < -0.3 is 5.11 Å². The summed E-state index contributed by atoms with van der Waals surface area (Å²) >= 11 is 0. The molecule has 7 nitrogen and oxygen atoms in total. The van der Waals surface area contributed by atoms with Crippen LogP contribution in [-0.2, 0) is 15.8 Å². The van der Waals surface area contributed by atoms with Crippen LogP contribution in [0.1, 0.15) is 22.7 Å². The fraction of sp³-hybridized carbons (Fsp3) is 0.0769. The van der Waals surface area contributed by atoms with Crippen molar-refractivity contribution in [3.05, 3.63) is 123 Å². The van der Waals surface area contributed by atoms with Gasteiger partial charge in [-0.15, -0.1) is 0 Å². The van der Waals surface area contributed by atoms with E-state index in [-0.39, 0.29) is 22.5 Å². The number of nitro groups is 1. The Morgan fingerprint density at radius 3 is 2.28 bits per heavy atom. The summed E-state index contributed by atoms with van der Waals surface area (Å²) in [6.07, 6.45) is -2.09. The highest BCUT2D eigenvalue weighted by atomic mass is 19.4. The van der Waals surface area contributed by atoms with E-state index in [9.17, 15) is 38.0 Å². The number of nitro benzene ring substituents is 1. The molecule has 1 atom stereocenters. The van der Waals surface area contributed by atoms with E-state index in [1.54, 1.807) is 30.3 Å². The number of carbonyl (C=O) groups is 2. The number of anilines is 1. The zero-order valence-corrected chi connectivity index (χ0v) is 18.3. The number of aliphatic hydroxyl groups is 1. The molecule has 0 bridgehead atoms. The molecule has 3 aromatic carbocycles. The number of carbonyl (C=O) groups excluding carboxylic acids is 2. The summed E-state index contributed by atoms with van der Waals surface area (Å²) in [5.74, 6) is -2.74. The summed E-state index contributed by atoms with van der Waals surface area (Å²) in [6.45, 7) is 0. The van der Waals surface area contributed by atoms with Gasteiger partial charge in [0.1, 0.15) is 0 Å². The number of alkyl halides is 3. The lowest BCUT2D eigenvalue weighted by atomic mass is 9.95. The summed E-state index contributed by atoms with van der Waals surface area (Å²) in [5, 5.41) is 21.7. The third-order valence-corrected chi connectivity index (χ3v) is 5.57. The van der Waals surface area contributed by atoms with Crippen LogP contribution in [0.2, 0.25) is 0 Å². The molecule has 0 aromatic heterocycles. The lowest BCUT2D eigenvalue weighted by Gasteiger charge is -2.27. The number of hydrogen-bond acceptors (Lipinski definition) is 5. The first-order chi connectivity index (χ1) is 17.1. The molecule has 1 aliphatic rings. The van der Waals surface area contributed by atoms with Crippen molar-refractivity contribution in [3.8, 4) is 0 Å². The topological polar surface area (TPSA) is 101 Å². The summed E-state index contributed by atoms with van der Waals surface area (Å²) in [7, 11) is 0. The first kappa shape index (κ1) is 24.4. The fourth-order valence-corrected chi connectivity index (χ4v) is 3.87. The van der Waals surface area contributed by atoms with Crippen molar-refractivity contribution in [1.82, 2.24) is 0 Å². The predicted molar refractivity (Wildman–Crippen MR) is 125 cm³/mol. The van der Waals surface area contributed by atoms with Crippen LogP contribution in [0.3, 0.4) is 0 Å². The minimum absolute atomic E-state index is 0.187. The molecule has 36 heavy (non-hydrogen) atoms. The van der Waals surface area contributed by atoms with E-state index in [2.05, 4.69) is 0 Å². The third-order valence-electron chi connectivity index (χ3n) is 5.57. The first-order valence-electron chi connectivity index (χ1n) is 10.5. The molecule has 0 spiro atoms. The highest BCUT2D eigenvalue weighted by molar-refractivity contribution is 6.19. The zero-order valence-electron chi connectivity index (χ0n) is 18.3. The van der Waals surface area contributed by atoms with Gasteiger partial charge in [0, 0.05) is 17.8 Å². The Balaban J connectivity index is 1.82. The highest BCUT2D eigenvalue weighted by Crippen LogP contribution is 2.43. The molecule has 1 N–H and O–H groups in total. The van der Waals surface area contributed by atoms with E-state index in [1.807, 2.05) is 0 Å². The van der Waals surface area contributed by atoms with Crippen molar-refractivity contribution >= 4 is 29.1 Å². The molecule has 1 aliphatic heterocycles. The van der Waals surface area contributed by atoms with Crippen LogP contribution in [0, 0.1) is 10.1 Å². The Morgan fingerprint density at radius 2 is 1.67 bits per heavy atom. The number of aliphatic hydroxyl groups excluding tert-OH is 1. The molecule has 10 heteroatoms. The summed E-state index contributed by atoms with van der Waals surface area (Å²) < 4.78 is 40.0. The third kappa shape index (κ3) is 4.74. The number of halogens is 3. The van der Waals surface area contributed by atoms with Crippen molar-refractivity contribution in [2.45, 2.75) is 12.2 Å². The van der Waals surface area contributed by atoms with Gasteiger partial charge in [0.25, 0.3) is 11.6 Å². The molecular weight excluding hydrogens is 477 g/mol. The number of ketones is 1. The lowest BCUT2D eigenvalue weighted by molar-refractivity contribution is -0.384. The molecular formula is C26H17F3N2O5. The van der Waals surface area contributed by atoms with Crippen LogP contribution in [0.5, 0.6) is 0 Å². The van der Waals surface area contributed by atoms with Gasteiger partial charge in [-0.05, 0) is 47.5 Å². The fourth-order valence-electron chi connectivity index (χ4n) is 3.87. The van der Waals surface area contributed by atoms with Gasteiger partial charge >= 0.3 is 6.18 Å². The molecule has 0 aliphatic carbocycles. The highest BCUT2D eigenvalue weighted by Gasteiger charge is 2.44. The Bertz CT molecular complexity index is 1400. The van der Waals surface area contributed by atoms with Gasteiger partial charge in [0.05, 0.1) is 22.1 Å². The maximum absolute atomic E-state index is 13.3. The summed E-state index contributed by atoms with van der Waals surface area (Å²) in [4.78, 5) is 37.5. The first-order valence-corrected chi connectivity index (χ1v) is 10.5. The molecule has 0 saturated carbocycles. The van der Waals surface area contributed by atoms with Crippen molar-refractivity contribution in [2.75, 3.05) is 4.90 Å².